The van der Waals surface area contributed by atoms with Gasteiger partial charge in [-0.05, 0) is 56.2 Å². The molecule has 1 saturated heterocycles. The first-order valence-corrected chi connectivity index (χ1v) is 11.7. The first-order chi connectivity index (χ1) is 9.92. The molecule has 2 bridgehead atoms. The Morgan fingerprint density at radius 1 is 1.32 bits per heavy atom. The average molecular weight is 325 g/mol. The van der Waals surface area contributed by atoms with Crippen molar-refractivity contribution < 1.29 is 14.0 Å². The topological polar surface area (TPSA) is 35.5 Å². The van der Waals surface area contributed by atoms with Gasteiger partial charge < -0.3 is 9.16 Å². The fourth-order valence-corrected chi connectivity index (χ4v) is 6.36. The number of hydrogen-bond acceptors (Lipinski definition) is 3. The van der Waals surface area contributed by atoms with E-state index in [4.69, 9.17) is 9.16 Å². The highest BCUT2D eigenvalue weighted by molar-refractivity contribution is 6.74. The van der Waals surface area contributed by atoms with Crippen LogP contribution < -0.4 is 0 Å². The highest BCUT2D eigenvalue weighted by Gasteiger charge is 2.70. The van der Waals surface area contributed by atoms with Crippen LogP contribution in [0.2, 0.25) is 18.1 Å². The Kier molecular flexibility index (Phi) is 3.45. The number of rotatable bonds is 2. The zero-order valence-corrected chi connectivity index (χ0v) is 16.3. The Bertz CT molecular complexity index is 495. The summed E-state index contributed by atoms with van der Waals surface area (Å²) in [7, 11) is -1.86. The summed E-state index contributed by atoms with van der Waals surface area (Å²) in [4.78, 5) is 12.1. The summed E-state index contributed by atoms with van der Waals surface area (Å²) in [6.45, 7) is 16.0. The maximum atomic E-state index is 12.1. The molecule has 22 heavy (non-hydrogen) atoms. The predicted molar refractivity (Wildman–Crippen MR) is 90.1 cm³/mol. The van der Waals surface area contributed by atoms with E-state index < -0.39 is 8.32 Å². The van der Waals surface area contributed by atoms with Gasteiger partial charge in [-0.2, -0.15) is 0 Å². The van der Waals surface area contributed by atoms with E-state index in [0.717, 1.165) is 12.8 Å². The third-order valence-corrected chi connectivity index (χ3v) is 11.9. The highest BCUT2D eigenvalue weighted by atomic mass is 28.4. The molecule has 4 fully saturated rings. The van der Waals surface area contributed by atoms with Crippen LogP contribution in [0.3, 0.4) is 0 Å². The standard InChI is InChI=1S/C18H32O3Si/c1-12-13-8-9-18(11-14(19)20-17(18,5)10-13)15(12)21-22(6,7)16(2,3)4/h12-13,15H,8-11H2,1-7H3/t12-,13-,15+,17-,18+/m1/s1. The molecule has 126 valence electrons. The Balaban J connectivity index is 1.98. The van der Waals surface area contributed by atoms with Crippen LogP contribution in [0.5, 0.6) is 0 Å². The van der Waals surface area contributed by atoms with Gasteiger partial charge in [0, 0.05) is 5.41 Å². The molecule has 4 aliphatic rings. The van der Waals surface area contributed by atoms with Gasteiger partial charge in [0.25, 0.3) is 0 Å². The minimum Gasteiger partial charge on any atom is -0.459 e. The van der Waals surface area contributed by atoms with Gasteiger partial charge in [-0.1, -0.05) is 27.7 Å². The molecule has 0 amide bonds. The largest absolute Gasteiger partial charge is 0.459 e. The van der Waals surface area contributed by atoms with Crippen LogP contribution in [0.15, 0.2) is 0 Å². The van der Waals surface area contributed by atoms with E-state index >= 15 is 0 Å². The zero-order valence-electron chi connectivity index (χ0n) is 15.3. The van der Waals surface area contributed by atoms with Crippen molar-refractivity contribution >= 4 is 14.3 Å². The van der Waals surface area contributed by atoms with Gasteiger partial charge in [0.05, 0.1) is 12.5 Å². The number of ether oxygens (including phenoxy) is 1. The lowest BCUT2D eigenvalue weighted by Crippen LogP contribution is -2.65. The van der Waals surface area contributed by atoms with Gasteiger partial charge in [-0.3, -0.25) is 4.79 Å². The molecule has 0 aromatic heterocycles. The van der Waals surface area contributed by atoms with E-state index in [-0.39, 0.29) is 28.1 Å². The van der Waals surface area contributed by atoms with Crippen molar-refractivity contribution in [2.45, 2.75) is 90.1 Å². The lowest BCUT2D eigenvalue weighted by Gasteiger charge is -2.61. The third-order valence-electron chi connectivity index (χ3n) is 7.46. The highest BCUT2D eigenvalue weighted by Crippen LogP contribution is 2.65. The molecule has 3 saturated carbocycles. The van der Waals surface area contributed by atoms with Crippen LogP contribution >= 0.6 is 0 Å². The van der Waals surface area contributed by atoms with E-state index in [1.165, 1.54) is 6.42 Å². The second kappa shape index (κ2) is 4.59. The maximum Gasteiger partial charge on any atom is 0.307 e. The van der Waals surface area contributed by atoms with Crippen molar-refractivity contribution in [1.29, 1.82) is 0 Å². The summed E-state index contributed by atoms with van der Waals surface area (Å²) in [5, 5.41) is 0.194. The van der Waals surface area contributed by atoms with Crippen LogP contribution in [-0.4, -0.2) is 26.0 Å². The smallest absolute Gasteiger partial charge is 0.307 e. The molecule has 3 nitrogen and oxygen atoms in total. The normalized spacial score (nSPS) is 44.9. The summed E-state index contributed by atoms with van der Waals surface area (Å²) in [6.07, 6.45) is 4.07. The van der Waals surface area contributed by atoms with E-state index in [1.54, 1.807) is 0 Å². The third kappa shape index (κ3) is 2.06. The summed E-state index contributed by atoms with van der Waals surface area (Å²) in [5.41, 5.74) is -0.389. The van der Waals surface area contributed by atoms with Gasteiger partial charge in [-0.15, -0.1) is 0 Å². The number of fused-ring (bicyclic) bond motifs is 2. The Morgan fingerprint density at radius 3 is 2.55 bits per heavy atom. The maximum absolute atomic E-state index is 12.1. The van der Waals surface area contributed by atoms with Crippen molar-refractivity contribution in [3.05, 3.63) is 0 Å². The minimum absolute atomic E-state index is 0.0129. The molecule has 0 unspecified atom stereocenters. The Hall–Kier alpha value is -0.353. The monoisotopic (exact) mass is 324 g/mol. The number of carbonyl (C=O) groups excluding carboxylic acids is 1. The van der Waals surface area contributed by atoms with E-state index in [1.807, 2.05) is 0 Å². The van der Waals surface area contributed by atoms with Crippen LogP contribution in [0.25, 0.3) is 0 Å². The van der Waals surface area contributed by atoms with Crippen LogP contribution in [-0.2, 0) is 14.0 Å². The van der Waals surface area contributed by atoms with Crippen LogP contribution in [0, 0.1) is 17.3 Å². The molecule has 0 aromatic carbocycles. The number of hydrogen-bond donors (Lipinski definition) is 0. The molecule has 3 aliphatic carbocycles. The van der Waals surface area contributed by atoms with Gasteiger partial charge >= 0.3 is 5.97 Å². The minimum atomic E-state index is -1.86. The molecule has 0 radical (unpaired) electrons. The molecular weight excluding hydrogens is 292 g/mol. The molecule has 0 N–H and O–H groups in total. The van der Waals surface area contributed by atoms with Crippen molar-refractivity contribution in [3.63, 3.8) is 0 Å². The number of carbonyl (C=O) groups is 1. The van der Waals surface area contributed by atoms with Crippen molar-refractivity contribution in [1.82, 2.24) is 0 Å². The van der Waals surface area contributed by atoms with Crippen LogP contribution in [0.1, 0.15) is 60.3 Å². The summed E-state index contributed by atoms with van der Waals surface area (Å²) in [6, 6.07) is 0. The molecule has 1 spiro atoms. The first kappa shape index (κ1) is 16.5. The summed E-state index contributed by atoms with van der Waals surface area (Å²) < 4.78 is 12.8. The van der Waals surface area contributed by atoms with Gasteiger partial charge in [-0.25, -0.2) is 0 Å². The first-order valence-electron chi connectivity index (χ1n) is 8.82. The van der Waals surface area contributed by atoms with E-state index in [2.05, 4.69) is 47.7 Å². The van der Waals surface area contributed by atoms with Crippen LogP contribution in [0.4, 0.5) is 0 Å². The quantitative estimate of drug-likeness (QED) is 0.553. The lowest BCUT2D eigenvalue weighted by atomic mass is 9.48. The predicted octanol–water partition coefficient (Wildman–Crippen LogP) is 4.52. The molecule has 0 aromatic rings. The SMILES string of the molecule is C[C@@H]1[C@@H]2CC[C@]3(CC(=O)O[C@]3(C)C2)[C@H]1O[Si](C)(C)C(C)(C)C. The second-order valence-electron chi connectivity index (χ2n) is 9.70. The molecule has 1 aliphatic heterocycles. The molecule has 5 atom stereocenters. The molecular formula is C18H32O3Si. The average Bonchev–Trinajstić information content (AvgIpc) is 2.62. The Morgan fingerprint density at radius 2 is 1.95 bits per heavy atom. The van der Waals surface area contributed by atoms with Gasteiger partial charge in [0.1, 0.15) is 5.60 Å². The van der Waals surface area contributed by atoms with Crippen molar-refractivity contribution in [2.24, 2.45) is 17.3 Å². The van der Waals surface area contributed by atoms with Crippen molar-refractivity contribution in [3.8, 4) is 0 Å². The van der Waals surface area contributed by atoms with E-state index in [9.17, 15) is 4.79 Å². The molecule has 4 heteroatoms. The van der Waals surface area contributed by atoms with Crippen molar-refractivity contribution in [2.75, 3.05) is 0 Å². The van der Waals surface area contributed by atoms with E-state index in [0.29, 0.717) is 18.3 Å². The lowest BCUT2D eigenvalue weighted by molar-refractivity contribution is -0.202. The molecule has 4 rings (SSSR count). The van der Waals surface area contributed by atoms with Gasteiger partial charge in [0.2, 0.25) is 0 Å². The van der Waals surface area contributed by atoms with Gasteiger partial charge in [0.15, 0.2) is 8.32 Å². The fraction of sp³-hybridized carbons (Fsp3) is 0.944. The Labute approximate surface area is 136 Å². The summed E-state index contributed by atoms with van der Waals surface area (Å²) in [5.74, 6) is 1.15. The molecule has 1 heterocycles. The summed E-state index contributed by atoms with van der Waals surface area (Å²) >= 11 is 0. The fourth-order valence-electron chi connectivity index (χ4n) is 4.93. The number of esters is 1. The zero-order chi connectivity index (χ0) is 16.6. The second-order valence-corrected chi connectivity index (χ2v) is 14.5.